The fourth-order valence-corrected chi connectivity index (χ4v) is 3.01. The average molecular weight is 283 g/mol. The van der Waals surface area contributed by atoms with E-state index in [-0.39, 0.29) is 18.0 Å². The number of hydrogen-bond donors (Lipinski definition) is 3. The Kier molecular flexibility index (Phi) is 4.95. The predicted octanol–water partition coefficient (Wildman–Crippen LogP) is -1.35. The summed E-state index contributed by atoms with van der Waals surface area (Å²) >= 11 is 0. The minimum atomic E-state index is -0.773. The van der Waals surface area contributed by atoms with Gasteiger partial charge in [0.25, 0.3) is 5.91 Å². The summed E-state index contributed by atoms with van der Waals surface area (Å²) in [7, 11) is 3.68. The highest BCUT2D eigenvalue weighted by Gasteiger charge is 2.37. The molecule has 0 spiro atoms. The molecule has 2 aliphatic heterocycles. The Balaban J connectivity index is 2.05. The van der Waals surface area contributed by atoms with Crippen molar-refractivity contribution < 1.29 is 9.59 Å². The molecule has 0 bridgehead atoms. The topological polar surface area (TPSA) is 90.7 Å². The summed E-state index contributed by atoms with van der Waals surface area (Å²) in [5.74, 6) is -0.300. The molecule has 2 fully saturated rings. The molecule has 3 unspecified atom stereocenters. The van der Waals surface area contributed by atoms with Crippen LogP contribution in [0.25, 0.3) is 0 Å². The van der Waals surface area contributed by atoms with E-state index >= 15 is 0 Å². The largest absolute Gasteiger partial charge is 0.342 e. The lowest BCUT2D eigenvalue weighted by Gasteiger charge is -2.37. The van der Waals surface area contributed by atoms with Gasteiger partial charge in [0.15, 0.2) is 0 Å². The fraction of sp³-hybridized carbons (Fsp3) is 0.846. The van der Waals surface area contributed by atoms with Crippen molar-refractivity contribution in [2.75, 3.05) is 27.2 Å². The second kappa shape index (κ2) is 6.51. The summed E-state index contributed by atoms with van der Waals surface area (Å²) in [6.45, 7) is 1.72. The lowest BCUT2D eigenvalue weighted by Crippen LogP contribution is -2.58. The molecule has 0 saturated carbocycles. The lowest BCUT2D eigenvalue weighted by atomic mass is 10.1. The van der Waals surface area contributed by atoms with E-state index in [1.807, 2.05) is 4.90 Å². The first-order chi connectivity index (χ1) is 9.54. The zero-order chi connectivity index (χ0) is 14.7. The molecular formula is C13H25N5O2. The second-order valence-corrected chi connectivity index (χ2v) is 5.60. The Labute approximate surface area is 119 Å². The summed E-state index contributed by atoms with van der Waals surface area (Å²) in [4.78, 5) is 28.6. The van der Waals surface area contributed by atoms with Crippen LogP contribution in [0.1, 0.15) is 25.7 Å². The average Bonchev–Trinajstić information content (AvgIpc) is 2.92. The second-order valence-electron chi connectivity index (χ2n) is 5.60. The Morgan fingerprint density at radius 1 is 1.35 bits per heavy atom. The highest BCUT2D eigenvalue weighted by atomic mass is 16.2. The molecule has 3 atom stereocenters. The van der Waals surface area contributed by atoms with Crippen molar-refractivity contribution in [3.05, 3.63) is 0 Å². The summed E-state index contributed by atoms with van der Waals surface area (Å²) in [5.41, 5.74) is 5.62. The van der Waals surface area contributed by atoms with E-state index < -0.39 is 12.2 Å². The molecule has 2 aliphatic rings. The van der Waals surface area contributed by atoms with Crippen LogP contribution in [0, 0.1) is 0 Å². The summed E-state index contributed by atoms with van der Waals surface area (Å²) < 4.78 is 0. The maximum atomic E-state index is 12.6. The number of amides is 2. The van der Waals surface area contributed by atoms with Crippen LogP contribution in [-0.2, 0) is 9.59 Å². The third-order valence-corrected chi connectivity index (χ3v) is 4.22. The van der Waals surface area contributed by atoms with E-state index in [1.165, 1.54) is 0 Å². The maximum absolute atomic E-state index is 12.6. The van der Waals surface area contributed by atoms with Gasteiger partial charge in [0.1, 0.15) is 12.2 Å². The van der Waals surface area contributed by atoms with Gasteiger partial charge in [-0.1, -0.05) is 0 Å². The van der Waals surface area contributed by atoms with Gasteiger partial charge >= 0.3 is 0 Å². The van der Waals surface area contributed by atoms with Gasteiger partial charge in [0, 0.05) is 6.54 Å². The first-order valence-electron chi connectivity index (χ1n) is 7.28. The third-order valence-electron chi connectivity index (χ3n) is 4.22. The molecule has 0 radical (unpaired) electrons. The molecule has 4 N–H and O–H groups in total. The molecule has 114 valence electrons. The number of carbonyl (C=O) groups excluding carboxylic acids is 2. The number of likely N-dealkylation sites (N-methyl/N-ethyl adjacent to an activating group) is 1. The fourth-order valence-electron chi connectivity index (χ4n) is 3.01. The number of rotatable bonds is 3. The number of nitrogens with two attached hydrogens (primary N) is 1. The molecule has 2 heterocycles. The Hall–Kier alpha value is -1.18. The van der Waals surface area contributed by atoms with Gasteiger partial charge < -0.3 is 16.0 Å². The van der Waals surface area contributed by atoms with Crippen LogP contribution in [-0.4, -0.2) is 67.2 Å². The minimum absolute atomic E-state index is 0.0238. The number of nitrogens with zero attached hydrogens (tertiary/aromatic N) is 2. The monoisotopic (exact) mass is 283 g/mol. The quantitative estimate of drug-likeness (QED) is 0.557. The lowest BCUT2D eigenvalue weighted by molar-refractivity contribution is -0.141. The normalized spacial score (nSPS) is 29.6. The van der Waals surface area contributed by atoms with Crippen molar-refractivity contribution >= 4 is 11.8 Å². The molecule has 7 heteroatoms. The van der Waals surface area contributed by atoms with Crippen molar-refractivity contribution in [3.63, 3.8) is 0 Å². The van der Waals surface area contributed by atoms with Crippen LogP contribution in [0.4, 0.5) is 0 Å². The molecular weight excluding hydrogens is 258 g/mol. The highest BCUT2D eigenvalue weighted by Crippen LogP contribution is 2.24. The van der Waals surface area contributed by atoms with E-state index in [2.05, 4.69) is 22.6 Å². The van der Waals surface area contributed by atoms with Gasteiger partial charge in [-0.3, -0.25) is 19.8 Å². The molecule has 7 nitrogen and oxygen atoms in total. The molecule has 20 heavy (non-hydrogen) atoms. The van der Waals surface area contributed by atoms with E-state index in [1.54, 1.807) is 7.05 Å². The van der Waals surface area contributed by atoms with Crippen LogP contribution in [0.5, 0.6) is 0 Å². The van der Waals surface area contributed by atoms with Crippen molar-refractivity contribution in [2.45, 2.75) is 44.1 Å². The van der Waals surface area contributed by atoms with Gasteiger partial charge in [-0.15, -0.1) is 0 Å². The smallest absolute Gasteiger partial charge is 0.252 e. The van der Waals surface area contributed by atoms with E-state index in [0.717, 1.165) is 32.4 Å². The number of nitrogens with one attached hydrogen (secondary N) is 2. The van der Waals surface area contributed by atoms with Crippen molar-refractivity contribution in [1.29, 1.82) is 0 Å². The van der Waals surface area contributed by atoms with E-state index in [4.69, 9.17) is 5.73 Å². The summed E-state index contributed by atoms with van der Waals surface area (Å²) in [6.07, 6.45) is 3.00. The molecule has 2 saturated heterocycles. The number of hydrogen-bond acceptors (Lipinski definition) is 5. The van der Waals surface area contributed by atoms with Gasteiger partial charge in [0.05, 0.1) is 6.17 Å². The Bertz CT molecular complexity index is 376. The van der Waals surface area contributed by atoms with Gasteiger partial charge in [-0.2, -0.15) is 0 Å². The molecule has 0 aromatic rings. The summed E-state index contributed by atoms with van der Waals surface area (Å²) in [5, 5.41) is 5.46. The SMILES string of the molecule is CNC(N)C(=O)NC1CCCN(C)C2CCCN2C1=O. The van der Waals surface area contributed by atoms with Gasteiger partial charge in [0.2, 0.25) is 5.91 Å². The van der Waals surface area contributed by atoms with Crippen LogP contribution < -0.4 is 16.4 Å². The Morgan fingerprint density at radius 3 is 2.75 bits per heavy atom. The number of carbonyl (C=O) groups is 2. The number of fused-ring (bicyclic) bond motifs is 1. The van der Waals surface area contributed by atoms with E-state index in [9.17, 15) is 9.59 Å². The molecule has 2 rings (SSSR count). The van der Waals surface area contributed by atoms with Crippen LogP contribution >= 0.6 is 0 Å². The van der Waals surface area contributed by atoms with Crippen LogP contribution in [0.15, 0.2) is 0 Å². The van der Waals surface area contributed by atoms with Crippen molar-refractivity contribution in [3.8, 4) is 0 Å². The maximum Gasteiger partial charge on any atom is 0.252 e. The van der Waals surface area contributed by atoms with Crippen LogP contribution in [0.2, 0.25) is 0 Å². The minimum Gasteiger partial charge on any atom is -0.342 e. The van der Waals surface area contributed by atoms with Gasteiger partial charge in [-0.05, 0) is 46.3 Å². The highest BCUT2D eigenvalue weighted by molar-refractivity contribution is 5.89. The molecule has 0 aliphatic carbocycles. The zero-order valence-electron chi connectivity index (χ0n) is 12.3. The van der Waals surface area contributed by atoms with Crippen molar-refractivity contribution in [1.82, 2.24) is 20.4 Å². The predicted molar refractivity (Wildman–Crippen MR) is 75.6 cm³/mol. The van der Waals surface area contributed by atoms with Gasteiger partial charge in [-0.25, -0.2) is 0 Å². The summed E-state index contributed by atoms with van der Waals surface area (Å²) in [6, 6.07) is -0.448. The standard InChI is InChI=1S/C13H25N5O2/c1-15-11(14)12(19)16-9-5-3-7-17(2)10-6-4-8-18(10)13(9)20/h9-11,15H,3-8,14H2,1-2H3,(H,16,19). The first kappa shape index (κ1) is 15.2. The molecule has 0 aromatic carbocycles. The third kappa shape index (κ3) is 3.11. The molecule has 2 amide bonds. The molecule has 0 aromatic heterocycles. The van der Waals surface area contributed by atoms with Crippen LogP contribution in [0.3, 0.4) is 0 Å². The van der Waals surface area contributed by atoms with E-state index in [0.29, 0.717) is 6.42 Å². The first-order valence-corrected chi connectivity index (χ1v) is 7.28. The zero-order valence-corrected chi connectivity index (χ0v) is 12.3. The Morgan fingerprint density at radius 2 is 2.05 bits per heavy atom. The van der Waals surface area contributed by atoms with Crippen molar-refractivity contribution in [2.24, 2.45) is 5.73 Å².